The molecular formula is C16H27N3O2. The molecule has 5 nitrogen and oxygen atoms in total. The molecule has 0 amide bonds. The number of aromatic nitrogens is 2. The van der Waals surface area contributed by atoms with Crippen molar-refractivity contribution in [1.29, 1.82) is 0 Å². The third-order valence-electron chi connectivity index (χ3n) is 5.04. The van der Waals surface area contributed by atoms with Gasteiger partial charge in [-0.25, -0.2) is 0 Å². The monoisotopic (exact) mass is 293 g/mol. The van der Waals surface area contributed by atoms with E-state index in [0.29, 0.717) is 17.9 Å². The van der Waals surface area contributed by atoms with Gasteiger partial charge in [-0.2, -0.15) is 4.98 Å². The first kappa shape index (κ1) is 15.0. The lowest BCUT2D eigenvalue weighted by molar-refractivity contribution is -0.0957. The molecule has 2 heterocycles. The van der Waals surface area contributed by atoms with Crippen LogP contribution >= 0.6 is 0 Å². The average Bonchev–Trinajstić information content (AvgIpc) is 2.86. The van der Waals surface area contributed by atoms with Crippen molar-refractivity contribution in [3.63, 3.8) is 0 Å². The molecule has 2 aliphatic rings. The van der Waals surface area contributed by atoms with Crippen LogP contribution in [0.15, 0.2) is 4.52 Å². The summed E-state index contributed by atoms with van der Waals surface area (Å²) in [5, 5.41) is 7.53. The molecule has 0 bridgehead atoms. The number of ether oxygens (including phenoxy) is 1. The average molecular weight is 293 g/mol. The molecule has 118 valence electrons. The van der Waals surface area contributed by atoms with Gasteiger partial charge in [0.15, 0.2) is 0 Å². The Labute approximate surface area is 126 Å². The van der Waals surface area contributed by atoms with Crippen molar-refractivity contribution in [3.05, 3.63) is 11.7 Å². The number of hydrogen-bond donors (Lipinski definition) is 1. The van der Waals surface area contributed by atoms with Crippen LogP contribution in [-0.2, 0) is 16.8 Å². The van der Waals surface area contributed by atoms with Gasteiger partial charge in [-0.05, 0) is 57.0 Å². The van der Waals surface area contributed by atoms with Crippen LogP contribution < -0.4 is 5.32 Å². The maximum absolute atomic E-state index is 6.11. The largest absolute Gasteiger partial charge is 0.367 e. The number of nitrogens with zero attached hydrogens (tertiary/aromatic N) is 2. The molecule has 0 atom stereocenters. The van der Waals surface area contributed by atoms with Crippen LogP contribution in [0.1, 0.15) is 58.2 Å². The summed E-state index contributed by atoms with van der Waals surface area (Å²) >= 11 is 0. The fraction of sp³-hybridized carbons (Fsp3) is 0.875. The summed E-state index contributed by atoms with van der Waals surface area (Å²) < 4.78 is 11.6. The zero-order chi connectivity index (χ0) is 14.9. The molecule has 1 N–H and O–H groups in total. The predicted molar refractivity (Wildman–Crippen MR) is 79.9 cm³/mol. The topological polar surface area (TPSA) is 60.2 Å². The zero-order valence-corrected chi connectivity index (χ0v) is 13.4. The highest BCUT2D eigenvalue weighted by Crippen LogP contribution is 2.46. The minimum atomic E-state index is -0.329. The summed E-state index contributed by atoms with van der Waals surface area (Å²) in [5.74, 6) is 2.18. The Morgan fingerprint density at radius 1 is 1.24 bits per heavy atom. The summed E-state index contributed by atoms with van der Waals surface area (Å²) in [6.45, 7) is 9.51. The van der Waals surface area contributed by atoms with E-state index >= 15 is 0 Å². The first-order chi connectivity index (χ1) is 10.0. The van der Waals surface area contributed by atoms with Crippen molar-refractivity contribution in [2.24, 2.45) is 11.3 Å². The molecule has 1 aliphatic carbocycles. The molecule has 1 saturated heterocycles. The Kier molecular flexibility index (Phi) is 4.06. The summed E-state index contributed by atoms with van der Waals surface area (Å²) in [4.78, 5) is 4.66. The smallest absolute Gasteiger partial charge is 0.227 e. The minimum absolute atomic E-state index is 0.329. The van der Waals surface area contributed by atoms with Crippen molar-refractivity contribution in [3.8, 4) is 0 Å². The normalized spacial score (nSPS) is 24.7. The highest BCUT2D eigenvalue weighted by molar-refractivity contribution is 5.06. The Hall–Kier alpha value is -0.940. The van der Waals surface area contributed by atoms with Gasteiger partial charge in [0.05, 0.1) is 0 Å². The number of hydrogen-bond acceptors (Lipinski definition) is 5. The quantitative estimate of drug-likeness (QED) is 0.904. The van der Waals surface area contributed by atoms with E-state index < -0.39 is 0 Å². The van der Waals surface area contributed by atoms with E-state index in [1.165, 1.54) is 0 Å². The lowest BCUT2D eigenvalue weighted by Gasteiger charge is -2.41. The predicted octanol–water partition coefficient (Wildman–Crippen LogP) is 2.66. The number of rotatable bonds is 5. The Morgan fingerprint density at radius 3 is 2.52 bits per heavy atom. The van der Waals surface area contributed by atoms with Crippen molar-refractivity contribution in [2.45, 2.75) is 58.5 Å². The summed E-state index contributed by atoms with van der Waals surface area (Å²) in [6, 6.07) is 0. The second-order valence-electron chi connectivity index (χ2n) is 7.33. The lowest BCUT2D eigenvalue weighted by atomic mass is 9.70. The minimum Gasteiger partial charge on any atom is -0.367 e. The molecule has 1 aromatic rings. The molecule has 5 heteroatoms. The van der Waals surface area contributed by atoms with E-state index in [4.69, 9.17) is 9.26 Å². The van der Waals surface area contributed by atoms with E-state index in [1.54, 1.807) is 0 Å². The summed E-state index contributed by atoms with van der Waals surface area (Å²) in [6.07, 6.45) is 5.14. The van der Waals surface area contributed by atoms with Gasteiger partial charge in [-0.3, -0.25) is 0 Å². The maximum Gasteiger partial charge on any atom is 0.227 e. The van der Waals surface area contributed by atoms with Gasteiger partial charge < -0.3 is 14.6 Å². The molecule has 0 aromatic carbocycles. The second-order valence-corrected chi connectivity index (χ2v) is 7.33. The molecular weight excluding hydrogens is 266 g/mol. The lowest BCUT2D eigenvalue weighted by Crippen LogP contribution is -2.43. The van der Waals surface area contributed by atoms with Crippen LogP contribution in [0.25, 0.3) is 0 Å². The molecule has 0 spiro atoms. The molecule has 1 aliphatic heterocycles. The van der Waals surface area contributed by atoms with Gasteiger partial charge in [0, 0.05) is 13.0 Å². The molecule has 2 fully saturated rings. The van der Waals surface area contributed by atoms with E-state index in [2.05, 4.69) is 29.3 Å². The van der Waals surface area contributed by atoms with Crippen molar-refractivity contribution < 1.29 is 9.26 Å². The SMILES string of the molecule is CCOC1(c2noc(CC3CNC3)n2)CCC(C)(C)CC1. The van der Waals surface area contributed by atoms with Crippen LogP contribution in [-0.4, -0.2) is 29.8 Å². The first-order valence-electron chi connectivity index (χ1n) is 8.21. The fourth-order valence-electron chi connectivity index (χ4n) is 3.30. The maximum atomic E-state index is 6.11. The van der Waals surface area contributed by atoms with Crippen molar-refractivity contribution in [2.75, 3.05) is 19.7 Å². The van der Waals surface area contributed by atoms with Crippen LogP contribution in [0, 0.1) is 11.3 Å². The second kappa shape index (κ2) is 5.69. The highest BCUT2D eigenvalue weighted by atomic mass is 16.5. The Bertz CT molecular complexity index is 470. The zero-order valence-electron chi connectivity index (χ0n) is 13.4. The van der Waals surface area contributed by atoms with E-state index in [-0.39, 0.29) is 5.60 Å². The van der Waals surface area contributed by atoms with E-state index in [1.807, 2.05) is 6.92 Å². The van der Waals surface area contributed by atoms with Gasteiger partial charge in [-0.15, -0.1) is 0 Å². The van der Waals surface area contributed by atoms with Gasteiger partial charge in [-0.1, -0.05) is 19.0 Å². The van der Waals surface area contributed by atoms with Crippen LogP contribution in [0.3, 0.4) is 0 Å². The van der Waals surface area contributed by atoms with Crippen LogP contribution in [0.4, 0.5) is 0 Å². The van der Waals surface area contributed by atoms with Gasteiger partial charge in [0.2, 0.25) is 11.7 Å². The molecule has 0 unspecified atom stereocenters. The van der Waals surface area contributed by atoms with Gasteiger partial charge in [0.25, 0.3) is 0 Å². The molecule has 1 aromatic heterocycles. The van der Waals surface area contributed by atoms with Crippen molar-refractivity contribution >= 4 is 0 Å². The third kappa shape index (κ3) is 3.14. The molecule has 1 saturated carbocycles. The van der Waals surface area contributed by atoms with Gasteiger partial charge >= 0.3 is 0 Å². The molecule has 21 heavy (non-hydrogen) atoms. The summed E-state index contributed by atoms with van der Waals surface area (Å²) in [5.41, 5.74) is 0.0641. The third-order valence-corrected chi connectivity index (χ3v) is 5.04. The Balaban J connectivity index is 1.74. The van der Waals surface area contributed by atoms with Crippen LogP contribution in [0.2, 0.25) is 0 Å². The van der Waals surface area contributed by atoms with E-state index in [0.717, 1.165) is 56.9 Å². The first-order valence-corrected chi connectivity index (χ1v) is 8.21. The Morgan fingerprint density at radius 2 is 1.95 bits per heavy atom. The van der Waals surface area contributed by atoms with Crippen LogP contribution in [0.5, 0.6) is 0 Å². The highest BCUT2D eigenvalue weighted by Gasteiger charge is 2.43. The van der Waals surface area contributed by atoms with Gasteiger partial charge in [0.1, 0.15) is 5.60 Å². The standard InChI is InChI=1S/C16H27N3O2/c1-4-20-16(7-5-15(2,3)6-8-16)14-18-13(21-19-14)9-12-10-17-11-12/h12,17H,4-11H2,1-3H3. The van der Waals surface area contributed by atoms with Crippen molar-refractivity contribution in [1.82, 2.24) is 15.5 Å². The molecule has 3 rings (SSSR count). The number of nitrogens with one attached hydrogen (secondary N) is 1. The van der Waals surface area contributed by atoms with E-state index in [9.17, 15) is 0 Å². The summed E-state index contributed by atoms with van der Waals surface area (Å²) in [7, 11) is 0. The molecule has 0 radical (unpaired) electrons. The fourth-order valence-corrected chi connectivity index (χ4v) is 3.30.